The van der Waals surface area contributed by atoms with E-state index in [1.807, 2.05) is 6.92 Å². The summed E-state index contributed by atoms with van der Waals surface area (Å²) in [4.78, 5) is 0. The van der Waals surface area contributed by atoms with E-state index in [1.165, 1.54) is 38.5 Å². The summed E-state index contributed by atoms with van der Waals surface area (Å²) in [6, 6.07) is 0. The van der Waals surface area contributed by atoms with Crippen LogP contribution in [0.2, 0.25) is 0 Å². The molecular formula is C13H26O. The minimum Gasteiger partial charge on any atom is -0.393 e. The lowest BCUT2D eigenvalue weighted by Gasteiger charge is -2.02. The molecule has 0 fully saturated rings. The molecule has 0 aromatic carbocycles. The SMILES string of the molecule is CC/C=C\CCCCCCCC(C)O. The number of rotatable bonds is 9. The summed E-state index contributed by atoms with van der Waals surface area (Å²) in [5.74, 6) is 0. The van der Waals surface area contributed by atoms with Crippen LogP contribution in [0.1, 0.15) is 65.2 Å². The van der Waals surface area contributed by atoms with Crippen molar-refractivity contribution in [1.82, 2.24) is 0 Å². The van der Waals surface area contributed by atoms with E-state index in [9.17, 15) is 0 Å². The Morgan fingerprint density at radius 3 is 2.29 bits per heavy atom. The topological polar surface area (TPSA) is 20.2 Å². The van der Waals surface area contributed by atoms with Crippen LogP contribution in [0.4, 0.5) is 0 Å². The molecule has 84 valence electrons. The molecule has 0 radical (unpaired) electrons. The van der Waals surface area contributed by atoms with E-state index in [4.69, 9.17) is 5.11 Å². The standard InChI is InChI=1S/C13H26O/c1-3-4-5-6-7-8-9-10-11-12-13(2)14/h4-5,13-14H,3,6-12H2,1-2H3/b5-4-. The highest BCUT2D eigenvalue weighted by molar-refractivity contribution is 4.79. The van der Waals surface area contributed by atoms with Crippen molar-refractivity contribution in [3.8, 4) is 0 Å². The van der Waals surface area contributed by atoms with Crippen molar-refractivity contribution in [2.45, 2.75) is 71.3 Å². The number of allylic oxidation sites excluding steroid dienone is 2. The first-order chi connectivity index (χ1) is 6.77. The molecule has 14 heavy (non-hydrogen) atoms. The fourth-order valence-corrected chi connectivity index (χ4v) is 1.52. The minimum atomic E-state index is -0.109. The Morgan fingerprint density at radius 1 is 1.00 bits per heavy atom. The van der Waals surface area contributed by atoms with Crippen molar-refractivity contribution >= 4 is 0 Å². The van der Waals surface area contributed by atoms with Crippen LogP contribution in [0, 0.1) is 0 Å². The van der Waals surface area contributed by atoms with Crippen LogP contribution >= 0.6 is 0 Å². The summed E-state index contributed by atoms with van der Waals surface area (Å²) in [6.45, 7) is 4.04. The molecule has 0 saturated carbocycles. The number of aliphatic hydroxyl groups excluding tert-OH is 1. The predicted octanol–water partition coefficient (Wildman–Crippen LogP) is 4.06. The zero-order valence-electron chi connectivity index (χ0n) is 9.84. The van der Waals surface area contributed by atoms with E-state index in [-0.39, 0.29) is 6.10 Å². The van der Waals surface area contributed by atoms with E-state index in [0.29, 0.717) is 0 Å². The van der Waals surface area contributed by atoms with Crippen LogP contribution in [0.3, 0.4) is 0 Å². The maximum atomic E-state index is 9.04. The molecule has 0 amide bonds. The number of hydrogen-bond donors (Lipinski definition) is 1. The van der Waals surface area contributed by atoms with Crippen LogP contribution < -0.4 is 0 Å². The molecule has 0 rings (SSSR count). The molecule has 0 bridgehead atoms. The monoisotopic (exact) mass is 198 g/mol. The molecule has 0 aliphatic heterocycles. The number of aliphatic hydroxyl groups is 1. The maximum absolute atomic E-state index is 9.04. The van der Waals surface area contributed by atoms with Gasteiger partial charge in [-0.2, -0.15) is 0 Å². The van der Waals surface area contributed by atoms with Gasteiger partial charge in [-0.15, -0.1) is 0 Å². The molecule has 0 aromatic heterocycles. The molecule has 0 spiro atoms. The Balaban J connectivity index is 2.95. The molecule has 0 heterocycles. The first-order valence-corrected chi connectivity index (χ1v) is 6.10. The zero-order chi connectivity index (χ0) is 10.6. The van der Waals surface area contributed by atoms with Crippen LogP contribution in [-0.2, 0) is 0 Å². The quantitative estimate of drug-likeness (QED) is 0.437. The largest absolute Gasteiger partial charge is 0.393 e. The van der Waals surface area contributed by atoms with Gasteiger partial charge in [-0.3, -0.25) is 0 Å². The first-order valence-electron chi connectivity index (χ1n) is 6.10. The Hall–Kier alpha value is -0.300. The average Bonchev–Trinajstić information content (AvgIpc) is 2.15. The Kier molecular flexibility index (Phi) is 10.5. The Bertz CT molecular complexity index is 127. The lowest BCUT2D eigenvalue weighted by atomic mass is 10.1. The molecule has 0 aliphatic carbocycles. The van der Waals surface area contributed by atoms with Crippen molar-refractivity contribution in [3.63, 3.8) is 0 Å². The Labute approximate surface area is 89.2 Å². The van der Waals surface area contributed by atoms with Crippen LogP contribution in [0.25, 0.3) is 0 Å². The molecule has 1 nitrogen and oxygen atoms in total. The lowest BCUT2D eigenvalue weighted by Crippen LogP contribution is -1.98. The summed E-state index contributed by atoms with van der Waals surface area (Å²) in [6.07, 6.45) is 14.2. The fraction of sp³-hybridized carbons (Fsp3) is 0.846. The van der Waals surface area contributed by atoms with Crippen molar-refractivity contribution < 1.29 is 5.11 Å². The van der Waals surface area contributed by atoms with Gasteiger partial charge in [0.05, 0.1) is 6.10 Å². The molecule has 1 N–H and O–H groups in total. The molecule has 0 aliphatic rings. The average molecular weight is 198 g/mol. The zero-order valence-corrected chi connectivity index (χ0v) is 9.84. The number of hydrogen-bond acceptors (Lipinski definition) is 1. The highest BCUT2D eigenvalue weighted by Gasteiger charge is 1.94. The normalized spacial score (nSPS) is 13.6. The van der Waals surface area contributed by atoms with Crippen molar-refractivity contribution in [2.75, 3.05) is 0 Å². The molecule has 1 unspecified atom stereocenters. The third-order valence-corrected chi connectivity index (χ3v) is 2.40. The van der Waals surface area contributed by atoms with Gasteiger partial charge in [-0.05, 0) is 32.6 Å². The minimum absolute atomic E-state index is 0.109. The van der Waals surface area contributed by atoms with E-state index >= 15 is 0 Å². The number of unbranched alkanes of at least 4 members (excludes halogenated alkanes) is 5. The van der Waals surface area contributed by atoms with Crippen molar-refractivity contribution in [1.29, 1.82) is 0 Å². The summed E-state index contributed by atoms with van der Waals surface area (Å²) < 4.78 is 0. The molecule has 0 saturated heterocycles. The fourth-order valence-electron chi connectivity index (χ4n) is 1.52. The second-order valence-corrected chi connectivity index (χ2v) is 4.07. The molecule has 1 heteroatoms. The second kappa shape index (κ2) is 10.8. The van der Waals surface area contributed by atoms with Gasteiger partial charge in [-0.25, -0.2) is 0 Å². The summed E-state index contributed by atoms with van der Waals surface area (Å²) in [7, 11) is 0. The van der Waals surface area contributed by atoms with Crippen LogP contribution in [-0.4, -0.2) is 11.2 Å². The van der Waals surface area contributed by atoms with Crippen molar-refractivity contribution in [2.24, 2.45) is 0 Å². The van der Waals surface area contributed by atoms with E-state index < -0.39 is 0 Å². The van der Waals surface area contributed by atoms with Gasteiger partial charge in [-0.1, -0.05) is 44.8 Å². The summed E-state index contributed by atoms with van der Waals surface area (Å²) >= 11 is 0. The highest BCUT2D eigenvalue weighted by Crippen LogP contribution is 2.08. The van der Waals surface area contributed by atoms with E-state index in [2.05, 4.69) is 19.1 Å². The van der Waals surface area contributed by atoms with Gasteiger partial charge in [0.1, 0.15) is 0 Å². The smallest absolute Gasteiger partial charge is 0.0512 e. The van der Waals surface area contributed by atoms with Crippen LogP contribution in [0.5, 0.6) is 0 Å². The molecular weight excluding hydrogens is 172 g/mol. The third kappa shape index (κ3) is 11.7. The lowest BCUT2D eigenvalue weighted by molar-refractivity contribution is 0.180. The van der Waals surface area contributed by atoms with Gasteiger partial charge >= 0.3 is 0 Å². The summed E-state index contributed by atoms with van der Waals surface area (Å²) in [5.41, 5.74) is 0. The van der Waals surface area contributed by atoms with Gasteiger partial charge in [0, 0.05) is 0 Å². The highest BCUT2D eigenvalue weighted by atomic mass is 16.3. The van der Waals surface area contributed by atoms with Gasteiger partial charge < -0.3 is 5.11 Å². The van der Waals surface area contributed by atoms with Gasteiger partial charge in [0.2, 0.25) is 0 Å². The van der Waals surface area contributed by atoms with E-state index in [1.54, 1.807) is 0 Å². The summed E-state index contributed by atoms with van der Waals surface area (Å²) in [5, 5.41) is 9.04. The maximum Gasteiger partial charge on any atom is 0.0512 e. The van der Waals surface area contributed by atoms with Gasteiger partial charge in [0.25, 0.3) is 0 Å². The third-order valence-electron chi connectivity index (χ3n) is 2.40. The van der Waals surface area contributed by atoms with Crippen molar-refractivity contribution in [3.05, 3.63) is 12.2 Å². The van der Waals surface area contributed by atoms with Crippen LogP contribution in [0.15, 0.2) is 12.2 Å². The van der Waals surface area contributed by atoms with Gasteiger partial charge in [0.15, 0.2) is 0 Å². The molecule has 0 aromatic rings. The Morgan fingerprint density at radius 2 is 1.64 bits per heavy atom. The van der Waals surface area contributed by atoms with E-state index in [0.717, 1.165) is 12.8 Å². The second-order valence-electron chi connectivity index (χ2n) is 4.07. The first kappa shape index (κ1) is 13.7. The molecule has 1 atom stereocenters. The predicted molar refractivity (Wildman–Crippen MR) is 63.4 cm³/mol.